The summed E-state index contributed by atoms with van der Waals surface area (Å²) in [4.78, 5) is 15.8. The molecule has 10 aromatic rings. The molecular formula is C49H34N4Si. The van der Waals surface area contributed by atoms with E-state index in [0.29, 0.717) is 17.6 Å². The zero-order valence-electron chi connectivity index (χ0n) is 29.4. The molecule has 2 aromatic heterocycles. The second-order valence-corrected chi connectivity index (χ2v) is 17.4. The largest absolute Gasteiger partial charge is 0.278 e. The second-order valence-electron chi connectivity index (χ2n) is 13.6. The highest BCUT2D eigenvalue weighted by atomic mass is 28.3. The van der Waals surface area contributed by atoms with Crippen LogP contribution in [0.5, 0.6) is 0 Å². The molecule has 0 saturated carbocycles. The van der Waals surface area contributed by atoms with Gasteiger partial charge in [-0.05, 0) is 43.7 Å². The Morgan fingerprint density at radius 2 is 0.852 bits per heavy atom. The summed E-state index contributed by atoms with van der Waals surface area (Å²) in [5.41, 5.74) is 3.99. The van der Waals surface area contributed by atoms with Gasteiger partial charge in [0.1, 0.15) is 0 Å². The van der Waals surface area contributed by atoms with Crippen molar-refractivity contribution in [3.05, 3.63) is 206 Å². The van der Waals surface area contributed by atoms with E-state index in [1.165, 1.54) is 42.3 Å². The van der Waals surface area contributed by atoms with E-state index < -0.39 is 8.07 Å². The lowest BCUT2D eigenvalue weighted by molar-refractivity contribution is 0.954. The Labute approximate surface area is 314 Å². The minimum absolute atomic E-state index is 0.587. The van der Waals surface area contributed by atoms with E-state index in [9.17, 15) is 0 Å². The molecule has 254 valence electrons. The van der Waals surface area contributed by atoms with Crippen LogP contribution in [0.25, 0.3) is 61.3 Å². The fraction of sp³-hybridized carbons (Fsp3) is 0. The topological polar surface area (TPSA) is 43.6 Å². The Morgan fingerprint density at radius 3 is 1.50 bits per heavy atom. The molecule has 0 radical (unpaired) electrons. The summed E-state index contributed by atoms with van der Waals surface area (Å²) in [5, 5.41) is 9.98. The van der Waals surface area contributed by atoms with Crippen molar-refractivity contribution in [3.63, 3.8) is 0 Å². The minimum atomic E-state index is -2.78. The number of fused-ring (bicyclic) bond motifs is 5. The van der Waals surface area contributed by atoms with Crippen LogP contribution in [-0.2, 0) is 0 Å². The highest BCUT2D eigenvalue weighted by molar-refractivity contribution is 7.19. The summed E-state index contributed by atoms with van der Waals surface area (Å²) in [6, 6.07) is 73.7. The zero-order chi connectivity index (χ0) is 35.9. The Kier molecular flexibility index (Phi) is 7.78. The normalized spacial score (nSPS) is 11.7. The third-order valence-corrected chi connectivity index (χ3v) is 15.4. The second kappa shape index (κ2) is 13.2. The molecule has 0 aliphatic carbocycles. The number of benzene rings is 8. The standard InChI is InChI=1S/C49H34N4Si/c1-5-19-36(20-6-1)47-50-48(52-49(51-47)53-44-31-16-15-30-43(44)46-42-29-14-13-18-35(42)32-33-45(46)53)37-21-17-28-41(34-37)54(38-22-7-2-8-23-38,39-24-9-3-10-25-39)40-26-11-4-12-27-40/h1-34H. The van der Waals surface area contributed by atoms with E-state index in [0.717, 1.165) is 22.2 Å². The van der Waals surface area contributed by atoms with Crippen LogP contribution in [0.3, 0.4) is 0 Å². The van der Waals surface area contributed by atoms with Crippen molar-refractivity contribution in [1.29, 1.82) is 0 Å². The molecule has 0 spiro atoms. The smallest absolute Gasteiger partial charge is 0.238 e. The number of aromatic nitrogens is 4. The molecule has 0 fully saturated rings. The molecule has 2 heterocycles. The van der Waals surface area contributed by atoms with Gasteiger partial charge in [0.05, 0.1) is 11.0 Å². The monoisotopic (exact) mass is 706 g/mol. The summed E-state index contributed by atoms with van der Waals surface area (Å²) >= 11 is 0. The van der Waals surface area contributed by atoms with Crippen LogP contribution >= 0.6 is 0 Å². The molecule has 0 atom stereocenters. The maximum absolute atomic E-state index is 5.35. The average Bonchev–Trinajstić information content (AvgIpc) is 3.60. The predicted molar refractivity (Wildman–Crippen MR) is 226 cm³/mol. The molecule has 10 rings (SSSR count). The van der Waals surface area contributed by atoms with Crippen LogP contribution in [0.1, 0.15) is 0 Å². The number of nitrogens with zero attached hydrogens (tertiary/aromatic N) is 4. The molecule has 0 aliphatic rings. The van der Waals surface area contributed by atoms with Gasteiger partial charge < -0.3 is 0 Å². The van der Waals surface area contributed by atoms with Crippen molar-refractivity contribution < 1.29 is 0 Å². The molecular weight excluding hydrogens is 673 g/mol. The molecule has 0 amide bonds. The van der Waals surface area contributed by atoms with Gasteiger partial charge in [-0.25, -0.2) is 4.98 Å². The maximum atomic E-state index is 5.35. The number of para-hydroxylation sites is 1. The first-order valence-corrected chi connectivity index (χ1v) is 20.3. The van der Waals surface area contributed by atoms with Crippen molar-refractivity contribution in [1.82, 2.24) is 19.5 Å². The van der Waals surface area contributed by atoms with Crippen molar-refractivity contribution in [2.75, 3.05) is 0 Å². The first-order chi connectivity index (χ1) is 26.8. The van der Waals surface area contributed by atoms with Crippen molar-refractivity contribution in [3.8, 4) is 28.7 Å². The summed E-state index contributed by atoms with van der Waals surface area (Å²) in [6.45, 7) is 0. The Bertz CT molecular complexity index is 2830. The highest BCUT2D eigenvalue weighted by Crippen LogP contribution is 2.36. The fourth-order valence-corrected chi connectivity index (χ4v) is 13.0. The summed E-state index contributed by atoms with van der Waals surface area (Å²) < 4.78 is 2.20. The quantitative estimate of drug-likeness (QED) is 0.123. The molecule has 0 bridgehead atoms. The van der Waals surface area contributed by atoms with E-state index in [2.05, 4.69) is 193 Å². The molecule has 54 heavy (non-hydrogen) atoms. The van der Waals surface area contributed by atoms with E-state index in [1.54, 1.807) is 0 Å². The van der Waals surface area contributed by atoms with Gasteiger partial charge >= 0.3 is 0 Å². The van der Waals surface area contributed by atoms with Gasteiger partial charge in [-0.15, -0.1) is 0 Å². The van der Waals surface area contributed by atoms with Crippen LogP contribution in [-0.4, -0.2) is 27.6 Å². The van der Waals surface area contributed by atoms with Gasteiger partial charge in [-0.3, -0.25) is 4.57 Å². The first-order valence-electron chi connectivity index (χ1n) is 18.3. The minimum Gasteiger partial charge on any atom is -0.278 e. The predicted octanol–water partition coefficient (Wildman–Crippen LogP) is 8.83. The van der Waals surface area contributed by atoms with E-state index in [4.69, 9.17) is 15.0 Å². The summed E-state index contributed by atoms with van der Waals surface area (Å²) in [5.74, 6) is 1.85. The number of hydrogen-bond acceptors (Lipinski definition) is 3. The van der Waals surface area contributed by atoms with Gasteiger partial charge in [-0.2, -0.15) is 9.97 Å². The van der Waals surface area contributed by atoms with Crippen LogP contribution in [0.15, 0.2) is 206 Å². The van der Waals surface area contributed by atoms with Crippen LogP contribution in [0.4, 0.5) is 0 Å². The Balaban J connectivity index is 1.25. The Hall–Kier alpha value is -6.95. The van der Waals surface area contributed by atoms with Gasteiger partial charge in [-0.1, -0.05) is 194 Å². The van der Waals surface area contributed by atoms with Gasteiger partial charge in [0.25, 0.3) is 0 Å². The number of hydrogen-bond donors (Lipinski definition) is 0. The summed E-state index contributed by atoms with van der Waals surface area (Å²) in [7, 11) is -2.78. The molecule has 0 saturated heterocycles. The van der Waals surface area contributed by atoms with E-state index in [-0.39, 0.29) is 0 Å². The molecule has 0 N–H and O–H groups in total. The fourth-order valence-electron chi connectivity index (χ4n) is 8.22. The third-order valence-electron chi connectivity index (χ3n) is 10.6. The molecule has 0 aliphatic heterocycles. The molecule has 4 nitrogen and oxygen atoms in total. The van der Waals surface area contributed by atoms with Crippen molar-refractivity contribution >= 4 is 61.4 Å². The highest BCUT2D eigenvalue weighted by Gasteiger charge is 2.41. The van der Waals surface area contributed by atoms with Crippen LogP contribution < -0.4 is 20.7 Å². The lowest BCUT2D eigenvalue weighted by Gasteiger charge is -2.34. The van der Waals surface area contributed by atoms with Crippen LogP contribution in [0, 0.1) is 0 Å². The Morgan fingerprint density at radius 1 is 0.352 bits per heavy atom. The van der Waals surface area contributed by atoms with Crippen molar-refractivity contribution in [2.45, 2.75) is 0 Å². The van der Waals surface area contributed by atoms with Crippen LogP contribution in [0.2, 0.25) is 0 Å². The number of rotatable bonds is 7. The SMILES string of the molecule is c1ccc(-c2nc(-c3cccc([Si](c4ccccc4)(c4ccccc4)c4ccccc4)c3)nc(-n3c4ccccc4c4c5ccccc5ccc43)n2)cc1. The van der Waals surface area contributed by atoms with E-state index in [1.807, 2.05) is 18.2 Å². The lowest BCUT2D eigenvalue weighted by atomic mass is 10.0. The zero-order valence-corrected chi connectivity index (χ0v) is 30.4. The lowest BCUT2D eigenvalue weighted by Crippen LogP contribution is -2.74. The van der Waals surface area contributed by atoms with Gasteiger partial charge in [0, 0.05) is 21.9 Å². The molecule has 8 aromatic carbocycles. The molecule has 0 unspecified atom stereocenters. The van der Waals surface area contributed by atoms with Crippen molar-refractivity contribution in [2.24, 2.45) is 0 Å². The van der Waals surface area contributed by atoms with Gasteiger partial charge in [0.15, 0.2) is 19.7 Å². The first kappa shape index (κ1) is 31.8. The third kappa shape index (κ3) is 5.17. The van der Waals surface area contributed by atoms with Gasteiger partial charge in [0.2, 0.25) is 5.95 Å². The average molecular weight is 707 g/mol. The summed E-state index contributed by atoms with van der Waals surface area (Å²) in [6.07, 6.45) is 0. The molecule has 5 heteroatoms. The maximum Gasteiger partial charge on any atom is 0.238 e. The van der Waals surface area contributed by atoms with E-state index >= 15 is 0 Å².